The maximum atomic E-state index is 11.7. The highest BCUT2D eigenvalue weighted by Crippen LogP contribution is 2.21. The van der Waals surface area contributed by atoms with Gasteiger partial charge in [-0.2, -0.15) is 5.10 Å². The Balaban J connectivity index is 1.66. The van der Waals surface area contributed by atoms with E-state index in [0.29, 0.717) is 24.5 Å². The minimum Gasteiger partial charge on any atom is -0.493 e. The Morgan fingerprint density at radius 1 is 1.26 bits per heavy atom. The first-order valence-electron chi connectivity index (χ1n) is 7.41. The lowest BCUT2D eigenvalue weighted by Crippen LogP contribution is -2.18. The molecule has 0 aliphatic carbocycles. The highest BCUT2D eigenvalue weighted by Gasteiger charge is 2.02. The quantitative estimate of drug-likeness (QED) is 0.474. The molecule has 0 saturated carbocycles. The Labute approximate surface area is 141 Å². The van der Waals surface area contributed by atoms with E-state index in [0.717, 1.165) is 16.9 Å². The molecular formula is C18H19ClN2O2. The van der Waals surface area contributed by atoms with Crippen molar-refractivity contribution in [2.24, 2.45) is 5.10 Å². The van der Waals surface area contributed by atoms with E-state index in [-0.39, 0.29) is 5.91 Å². The monoisotopic (exact) mass is 330 g/mol. The van der Waals surface area contributed by atoms with Crippen LogP contribution in [-0.4, -0.2) is 18.7 Å². The second kappa shape index (κ2) is 8.96. The molecule has 0 fully saturated rings. The average molecular weight is 331 g/mol. The summed E-state index contributed by atoms with van der Waals surface area (Å²) in [5, 5.41) is 4.61. The summed E-state index contributed by atoms with van der Waals surface area (Å²) >= 11 is 5.89. The van der Waals surface area contributed by atoms with Gasteiger partial charge in [0.2, 0.25) is 5.91 Å². The van der Waals surface area contributed by atoms with Crippen LogP contribution in [0.15, 0.2) is 53.6 Å². The van der Waals surface area contributed by atoms with E-state index in [4.69, 9.17) is 16.3 Å². The first kappa shape index (κ1) is 17.0. The summed E-state index contributed by atoms with van der Waals surface area (Å²) in [7, 11) is 0. The van der Waals surface area contributed by atoms with Gasteiger partial charge in [0.25, 0.3) is 0 Å². The van der Waals surface area contributed by atoms with Crippen LogP contribution in [0.4, 0.5) is 0 Å². The van der Waals surface area contributed by atoms with Crippen LogP contribution in [-0.2, 0) is 4.79 Å². The fourth-order valence-corrected chi connectivity index (χ4v) is 2.19. The van der Waals surface area contributed by atoms with Crippen molar-refractivity contribution < 1.29 is 9.53 Å². The molecule has 4 nitrogen and oxygen atoms in total. The molecule has 2 aromatic rings. The molecule has 0 spiro atoms. The largest absolute Gasteiger partial charge is 0.493 e. The molecule has 0 unspecified atom stereocenters. The predicted molar refractivity (Wildman–Crippen MR) is 93.1 cm³/mol. The standard InChI is InChI=1S/C18H19ClN2O2/c1-14-12-16(19)9-10-17(14)23-11-5-8-18(22)21-20-13-15-6-3-2-4-7-15/h2-4,6-7,9-10,12-13H,5,8,11H2,1H3,(H,21,22). The molecule has 1 amide bonds. The fourth-order valence-electron chi connectivity index (χ4n) is 1.96. The van der Waals surface area contributed by atoms with Gasteiger partial charge in [0.05, 0.1) is 12.8 Å². The molecule has 23 heavy (non-hydrogen) atoms. The van der Waals surface area contributed by atoms with Gasteiger partial charge in [-0.3, -0.25) is 4.79 Å². The minimum atomic E-state index is -0.131. The third kappa shape index (κ3) is 6.12. The molecule has 1 N–H and O–H groups in total. The minimum absolute atomic E-state index is 0.131. The Morgan fingerprint density at radius 3 is 2.78 bits per heavy atom. The van der Waals surface area contributed by atoms with Crippen molar-refractivity contribution in [3.63, 3.8) is 0 Å². The normalized spacial score (nSPS) is 10.7. The number of benzene rings is 2. The van der Waals surface area contributed by atoms with Crippen LogP contribution >= 0.6 is 11.6 Å². The van der Waals surface area contributed by atoms with Crippen molar-refractivity contribution in [3.8, 4) is 5.75 Å². The molecule has 5 heteroatoms. The third-order valence-corrected chi connectivity index (χ3v) is 3.38. The van der Waals surface area contributed by atoms with Gasteiger partial charge in [0, 0.05) is 11.4 Å². The van der Waals surface area contributed by atoms with E-state index in [2.05, 4.69) is 10.5 Å². The Bertz CT molecular complexity index is 672. The van der Waals surface area contributed by atoms with Crippen LogP contribution in [0.2, 0.25) is 5.02 Å². The highest BCUT2D eigenvalue weighted by atomic mass is 35.5. The van der Waals surface area contributed by atoms with Gasteiger partial charge in [0.15, 0.2) is 0 Å². The van der Waals surface area contributed by atoms with Crippen LogP contribution < -0.4 is 10.2 Å². The number of aryl methyl sites for hydroxylation is 1. The summed E-state index contributed by atoms with van der Waals surface area (Å²) in [5.41, 5.74) is 4.43. The van der Waals surface area contributed by atoms with Crippen LogP contribution in [0, 0.1) is 6.92 Å². The topological polar surface area (TPSA) is 50.7 Å². The molecule has 0 heterocycles. The van der Waals surface area contributed by atoms with E-state index in [9.17, 15) is 4.79 Å². The van der Waals surface area contributed by atoms with Gasteiger partial charge in [-0.1, -0.05) is 41.9 Å². The maximum Gasteiger partial charge on any atom is 0.240 e. The number of rotatable bonds is 7. The highest BCUT2D eigenvalue weighted by molar-refractivity contribution is 6.30. The lowest BCUT2D eigenvalue weighted by atomic mass is 10.2. The number of hydrogen-bond donors (Lipinski definition) is 1. The third-order valence-electron chi connectivity index (χ3n) is 3.15. The van der Waals surface area contributed by atoms with Crippen molar-refractivity contribution in [2.75, 3.05) is 6.61 Å². The fraction of sp³-hybridized carbons (Fsp3) is 0.222. The van der Waals surface area contributed by atoms with Crippen molar-refractivity contribution in [3.05, 3.63) is 64.7 Å². The van der Waals surface area contributed by atoms with Gasteiger partial charge < -0.3 is 4.74 Å². The Hall–Kier alpha value is -2.33. The average Bonchev–Trinajstić information content (AvgIpc) is 2.54. The van der Waals surface area contributed by atoms with E-state index in [1.165, 1.54) is 0 Å². The predicted octanol–water partition coefficient (Wildman–Crippen LogP) is 3.96. The first-order valence-corrected chi connectivity index (χ1v) is 7.79. The Morgan fingerprint density at radius 2 is 2.04 bits per heavy atom. The molecular weight excluding hydrogens is 312 g/mol. The molecule has 120 valence electrons. The van der Waals surface area contributed by atoms with Crippen LogP contribution in [0.5, 0.6) is 5.75 Å². The van der Waals surface area contributed by atoms with Crippen molar-refractivity contribution >= 4 is 23.7 Å². The summed E-state index contributed by atoms with van der Waals surface area (Å²) < 4.78 is 5.64. The maximum absolute atomic E-state index is 11.7. The molecule has 0 atom stereocenters. The number of hydrogen-bond acceptors (Lipinski definition) is 3. The number of amides is 1. The van der Waals surface area contributed by atoms with Crippen molar-refractivity contribution in [1.29, 1.82) is 0 Å². The van der Waals surface area contributed by atoms with E-state index >= 15 is 0 Å². The van der Waals surface area contributed by atoms with Gasteiger partial charge in [0.1, 0.15) is 5.75 Å². The molecule has 0 bridgehead atoms. The number of nitrogens with one attached hydrogen (secondary N) is 1. The van der Waals surface area contributed by atoms with Crippen molar-refractivity contribution in [1.82, 2.24) is 5.43 Å². The molecule has 0 aromatic heterocycles. The molecule has 0 aliphatic rings. The molecule has 0 saturated heterocycles. The number of ether oxygens (including phenoxy) is 1. The summed E-state index contributed by atoms with van der Waals surface area (Å²) in [6, 6.07) is 15.1. The zero-order chi connectivity index (χ0) is 16.5. The van der Waals surface area contributed by atoms with Gasteiger partial charge >= 0.3 is 0 Å². The number of hydrazone groups is 1. The van der Waals surface area contributed by atoms with E-state index < -0.39 is 0 Å². The second-order valence-electron chi connectivity index (χ2n) is 5.07. The van der Waals surface area contributed by atoms with Crippen LogP contribution in [0.3, 0.4) is 0 Å². The number of halogens is 1. The molecule has 0 aliphatic heterocycles. The lowest BCUT2D eigenvalue weighted by molar-refractivity contribution is -0.121. The zero-order valence-corrected chi connectivity index (χ0v) is 13.7. The van der Waals surface area contributed by atoms with Gasteiger partial charge in [-0.15, -0.1) is 0 Å². The zero-order valence-electron chi connectivity index (χ0n) is 13.0. The number of nitrogens with zero attached hydrogens (tertiary/aromatic N) is 1. The van der Waals surface area contributed by atoms with Crippen LogP contribution in [0.25, 0.3) is 0 Å². The SMILES string of the molecule is Cc1cc(Cl)ccc1OCCCC(=O)NN=Cc1ccccc1. The lowest BCUT2D eigenvalue weighted by Gasteiger charge is -2.08. The summed E-state index contributed by atoms with van der Waals surface area (Å²) in [4.78, 5) is 11.7. The molecule has 0 radical (unpaired) electrons. The van der Waals surface area contributed by atoms with Gasteiger partial charge in [-0.25, -0.2) is 5.43 Å². The van der Waals surface area contributed by atoms with Gasteiger partial charge in [-0.05, 0) is 42.7 Å². The van der Waals surface area contributed by atoms with E-state index in [1.54, 1.807) is 12.3 Å². The number of carbonyl (C=O) groups is 1. The summed E-state index contributed by atoms with van der Waals surface area (Å²) in [5.74, 6) is 0.658. The van der Waals surface area contributed by atoms with Crippen LogP contribution in [0.1, 0.15) is 24.0 Å². The molecule has 2 rings (SSSR count). The second-order valence-corrected chi connectivity index (χ2v) is 5.50. The summed E-state index contributed by atoms with van der Waals surface area (Å²) in [6.45, 7) is 2.41. The van der Waals surface area contributed by atoms with Crippen molar-refractivity contribution in [2.45, 2.75) is 19.8 Å². The number of carbonyl (C=O) groups excluding carboxylic acids is 1. The van der Waals surface area contributed by atoms with E-state index in [1.807, 2.05) is 49.4 Å². The molecule has 2 aromatic carbocycles. The smallest absolute Gasteiger partial charge is 0.240 e. The summed E-state index contributed by atoms with van der Waals surface area (Å²) in [6.07, 6.45) is 2.60. The first-order chi connectivity index (χ1) is 11.1. The Kier molecular flexibility index (Phi) is 6.63.